The Morgan fingerprint density at radius 2 is 1.80 bits per heavy atom. The highest BCUT2D eigenvalue weighted by Gasteiger charge is 2.15. The van der Waals surface area contributed by atoms with E-state index in [-0.39, 0.29) is 23.6 Å². The van der Waals surface area contributed by atoms with E-state index in [1.807, 2.05) is 0 Å². The lowest BCUT2D eigenvalue weighted by Crippen LogP contribution is -2.30. The molecule has 3 rings (SSSR count). The Hall–Kier alpha value is -4.25. The molecule has 10 nitrogen and oxygen atoms in total. The molecule has 0 aliphatic rings. The molecule has 1 heterocycles. The van der Waals surface area contributed by atoms with Gasteiger partial charge in [0.05, 0.1) is 22.3 Å². The fourth-order valence-electron chi connectivity index (χ4n) is 3.05. The first-order valence-electron chi connectivity index (χ1n) is 10.3. The van der Waals surface area contributed by atoms with Crippen LogP contribution >= 0.6 is 15.9 Å². The average molecular weight is 540 g/mol. The SMILES string of the molecule is C[C@H](NC(=O)CC(=O)Nc1ccc(C(=N)N)cc1)c1ccc(Oc2cncc(C(=O)O)c2)c(Br)c1. The lowest BCUT2D eigenvalue weighted by atomic mass is 10.1. The summed E-state index contributed by atoms with van der Waals surface area (Å²) in [6, 6.07) is 12.5. The van der Waals surface area contributed by atoms with Gasteiger partial charge in [-0.25, -0.2) is 4.79 Å². The lowest BCUT2D eigenvalue weighted by molar-refractivity contribution is -0.127. The highest BCUT2D eigenvalue weighted by molar-refractivity contribution is 9.10. The largest absolute Gasteiger partial charge is 0.478 e. The van der Waals surface area contributed by atoms with E-state index in [1.54, 1.807) is 49.4 Å². The van der Waals surface area contributed by atoms with Gasteiger partial charge in [0, 0.05) is 17.4 Å². The number of nitrogens with zero attached hydrogens (tertiary/aromatic N) is 1. The van der Waals surface area contributed by atoms with Gasteiger partial charge in [-0.3, -0.25) is 20.0 Å². The number of rotatable bonds is 9. The van der Waals surface area contributed by atoms with E-state index in [4.69, 9.17) is 21.0 Å². The van der Waals surface area contributed by atoms with Gasteiger partial charge < -0.3 is 26.2 Å². The van der Waals surface area contributed by atoms with E-state index in [1.165, 1.54) is 18.5 Å². The Morgan fingerprint density at radius 1 is 1.09 bits per heavy atom. The summed E-state index contributed by atoms with van der Waals surface area (Å²) in [4.78, 5) is 39.5. The second-order valence-corrected chi connectivity index (χ2v) is 8.37. The third kappa shape index (κ3) is 7.11. The maximum Gasteiger partial charge on any atom is 0.337 e. The quantitative estimate of drug-likeness (QED) is 0.156. The summed E-state index contributed by atoms with van der Waals surface area (Å²) in [6.07, 6.45) is 2.26. The molecule has 1 aromatic heterocycles. The van der Waals surface area contributed by atoms with Gasteiger partial charge in [0.1, 0.15) is 23.8 Å². The van der Waals surface area contributed by atoms with Gasteiger partial charge in [0.2, 0.25) is 11.8 Å². The average Bonchev–Trinajstić information content (AvgIpc) is 2.80. The van der Waals surface area contributed by atoms with Crippen molar-refractivity contribution in [2.24, 2.45) is 5.73 Å². The molecule has 0 radical (unpaired) electrons. The standard InChI is InChI=1S/C24H22BrN5O5/c1-13(29-21(31)10-22(32)30-17-5-2-14(3-6-17)23(26)27)15-4-7-20(19(25)9-15)35-18-8-16(24(33)34)11-28-12-18/h2-9,11-13H,10H2,1H3,(H3,26,27)(H,29,31)(H,30,32)(H,33,34)/t13-/m0/s1. The van der Waals surface area contributed by atoms with Crippen LogP contribution in [0, 0.1) is 5.41 Å². The number of anilines is 1. The van der Waals surface area contributed by atoms with Gasteiger partial charge in [-0.1, -0.05) is 6.07 Å². The predicted octanol–water partition coefficient (Wildman–Crippen LogP) is 3.82. The number of carboxylic acids is 1. The Kier molecular flexibility index (Phi) is 8.16. The van der Waals surface area contributed by atoms with Gasteiger partial charge in [0.15, 0.2) is 0 Å². The van der Waals surface area contributed by atoms with Crippen molar-refractivity contribution in [3.05, 3.63) is 82.1 Å². The van der Waals surface area contributed by atoms with Gasteiger partial charge >= 0.3 is 5.97 Å². The molecule has 0 unspecified atom stereocenters. The van der Waals surface area contributed by atoms with Crippen molar-refractivity contribution >= 4 is 45.2 Å². The van der Waals surface area contributed by atoms with E-state index < -0.39 is 23.8 Å². The first-order chi connectivity index (χ1) is 16.6. The van der Waals surface area contributed by atoms with Crippen LogP contribution in [0.5, 0.6) is 11.5 Å². The number of hydrogen-bond acceptors (Lipinski definition) is 6. The van der Waals surface area contributed by atoms with Crippen molar-refractivity contribution in [3.8, 4) is 11.5 Å². The number of carboxylic acid groups (broad SMARTS) is 1. The first kappa shape index (κ1) is 25.4. The van der Waals surface area contributed by atoms with E-state index in [0.29, 0.717) is 21.5 Å². The smallest absolute Gasteiger partial charge is 0.337 e. The van der Waals surface area contributed by atoms with E-state index in [2.05, 4.69) is 31.5 Å². The van der Waals surface area contributed by atoms with E-state index >= 15 is 0 Å². The van der Waals surface area contributed by atoms with Gasteiger partial charge in [-0.2, -0.15) is 0 Å². The number of benzene rings is 2. The Bertz CT molecular complexity index is 1280. The van der Waals surface area contributed by atoms with Crippen LogP contribution in [0.4, 0.5) is 5.69 Å². The molecule has 2 aromatic carbocycles. The first-order valence-corrected chi connectivity index (χ1v) is 11.1. The summed E-state index contributed by atoms with van der Waals surface area (Å²) in [7, 11) is 0. The van der Waals surface area contributed by atoms with Crippen LogP contribution in [0.2, 0.25) is 0 Å². The Morgan fingerprint density at radius 3 is 2.43 bits per heavy atom. The molecule has 6 N–H and O–H groups in total. The van der Waals surface area contributed by atoms with Crippen LogP contribution in [-0.2, 0) is 9.59 Å². The molecule has 0 saturated carbocycles. The topological polar surface area (TPSA) is 167 Å². The minimum absolute atomic E-state index is 0.00342. The minimum atomic E-state index is -1.11. The number of nitrogens with one attached hydrogen (secondary N) is 3. The molecule has 0 aliphatic heterocycles. The highest BCUT2D eigenvalue weighted by atomic mass is 79.9. The van der Waals surface area contributed by atoms with Crippen molar-refractivity contribution in [2.75, 3.05) is 5.32 Å². The zero-order valence-electron chi connectivity index (χ0n) is 18.5. The zero-order chi connectivity index (χ0) is 25.5. The molecular weight excluding hydrogens is 518 g/mol. The van der Waals surface area contributed by atoms with Crippen LogP contribution in [-0.4, -0.2) is 33.7 Å². The van der Waals surface area contributed by atoms with Crippen molar-refractivity contribution in [3.63, 3.8) is 0 Å². The van der Waals surface area contributed by atoms with Crippen LogP contribution < -0.4 is 21.1 Å². The Labute approximate surface area is 209 Å². The lowest BCUT2D eigenvalue weighted by Gasteiger charge is -2.16. The number of carbonyl (C=O) groups is 3. The van der Waals surface area contributed by atoms with Crippen molar-refractivity contribution < 1.29 is 24.2 Å². The van der Waals surface area contributed by atoms with Crippen LogP contribution in [0.15, 0.2) is 65.4 Å². The maximum atomic E-state index is 12.3. The number of aromatic carboxylic acids is 1. The molecule has 0 spiro atoms. The van der Waals surface area contributed by atoms with Crippen molar-refractivity contribution in [2.45, 2.75) is 19.4 Å². The van der Waals surface area contributed by atoms with Gasteiger partial charge in [-0.15, -0.1) is 0 Å². The minimum Gasteiger partial charge on any atom is -0.478 e. The fraction of sp³-hybridized carbons (Fsp3) is 0.125. The van der Waals surface area contributed by atoms with Crippen LogP contribution in [0.1, 0.15) is 40.9 Å². The number of pyridine rings is 1. The number of halogens is 1. The zero-order valence-corrected chi connectivity index (χ0v) is 20.1. The molecule has 1 atom stereocenters. The molecule has 3 aromatic rings. The number of nitrogen functional groups attached to an aromatic ring is 1. The second-order valence-electron chi connectivity index (χ2n) is 7.51. The normalized spacial score (nSPS) is 11.3. The van der Waals surface area contributed by atoms with E-state index in [0.717, 1.165) is 5.56 Å². The summed E-state index contributed by atoms with van der Waals surface area (Å²) in [5.41, 5.74) is 7.19. The number of amides is 2. The highest BCUT2D eigenvalue weighted by Crippen LogP contribution is 2.32. The summed E-state index contributed by atoms with van der Waals surface area (Å²) >= 11 is 3.42. The van der Waals surface area contributed by atoms with Crippen molar-refractivity contribution in [1.29, 1.82) is 5.41 Å². The summed E-state index contributed by atoms with van der Waals surface area (Å²) in [5.74, 6) is -1.42. The van der Waals surface area contributed by atoms with Crippen LogP contribution in [0.25, 0.3) is 0 Å². The molecule has 35 heavy (non-hydrogen) atoms. The Balaban J connectivity index is 1.56. The predicted molar refractivity (Wildman–Crippen MR) is 133 cm³/mol. The second kappa shape index (κ2) is 11.3. The number of carbonyl (C=O) groups excluding carboxylic acids is 2. The summed E-state index contributed by atoms with van der Waals surface area (Å²) < 4.78 is 6.30. The molecule has 0 aliphatic carbocycles. The third-order valence-electron chi connectivity index (χ3n) is 4.82. The number of ether oxygens (including phenoxy) is 1. The third-order valence-corrected chi connectivity index (χ3v) is 5.44. The molecule has 180 valence electrons. The van der Waals surface area contributed by atoms with Crippen LogP contribution in [0.3, 0.4) is 0 Å². The maximum absolute atomic E-state index is 12.3. The van der Waals surface area contributed by atoms with Gasteiger partial charge in [-0.05, 0) is 70.9 Å². The number of aromatic nitrogens is 1. The molecule has 11 heteroatoms. The van der Waals surface area contributed by atoms with Gasteiger partial charge in [0.25, 0.3) is 0 Å². The molecule has 0 fully saturated rings. The number of nitrogens with two attached hydrogens (primary N) is 1. The number of amidine groups is 1. The molecule has 0 saturated heterocycles. The molecule has 2 amide bonds. The van der Waals surface area contributed by atoms with E-state index in [9.17, 15) is 14.4 Å². The summed E-state index contributed by atoms with van der Waals surface area (Å²) in [6.45, 7) is 1.78. The molecular formula is C24H22BrN5O5. The summed E-state index contributed by atoms with van der Waals surface area (Å²) in [5, 5.41) is 21.9. The number of hydrogen-bond donors (Lipinski definition) is 5. The molecule has 0 bridgehead atoms. The van der Waals surface area contributed by atoms with Crippen molar-refractivity contribution in [1.82, 2.24) is 10.3 Å². The fourth-order valence-corrected chi connectivity index (χ4v) is 3.53. The monoisotopic (exact) mass is 539 g/mol.